The van der Waals surface area contributed by atoms with Crippen LogP contribution in [0.3, 0.4) is 0 Å². The second-order valence-electron chi connectivity index (χ2n) is 7.07. The number of halogens is 2. The van der Waals surface area contributed by atoms with E-state index in [0.29, 0.717) is 0 Å². The third-order valence-corrected chi connectivity index (χ3v) is 7.23. The fourth-order valence-corrected chi connectivity index (χ4v) is 5.02. The van der Waals surface area contributed by atoms with E-state index in [9.17, 15) is 12.8 Å². The Morgan fingerprint density at radius 2 is 1.72 bits per heavy atom. The monoisotopic (exact) mass is 478 g/mol. The number of aromatic nitrogens is 1. The molecule has 1 aliphatic rings. The summed E-state index contributed by atoms with van der Waals surface area (Å²) in [6, 6.07) is 12.4. The first-order chi connectivity index (χ1) is 13.9. The summed E-state index contributed by atoms with van der Waals surface area (Å²) in [4.78, 5) is 4.31. The van der Waals surface area contributed by atoms with Gasteiger partial charge in [-0.05, 0) is 49.2 Å². The molecule has 1 aliphatic carbocycles. The highest BCUT2D eigenvalue weighted by molar-refractivity contribution is 9.10. The van der Waals surface area contributed by atoms with Crippen molar-refractivity contribution in [3.8, 4) is 11.5 Å². The Bertz CT molecular complexity index is 1110. The van der Waals surface area contributed by atoms with Crippen LogP contribution in [0, 0.1) is 5.82 Å². The van der Waals surface area contributed by atoms with Crippen LogP contribution in [0.4, 0.5) is 10.3 Å². The smallest absolute Gasteiger partial charge is 0.234 e. The zero-order chi connectivity index (χ0) is 20.4. The number of hydrogen-bond acceptors (Lipinski definition) is 5. The molecule has 5 nitrogen and oxygen atoms in total. The lowest BCUT2D eigenvalue weighted by atomic mass is 9.96. The number of hydrogen-bond donors (Lipinski definition) is 1. The Morgan fingerprint density at radius 1 is 1.03 bits per heavy atom. The Hall–Kier alpha value is -2.19. The Morgan fingerprint density at radius 3 is 2.41 bits per heavy atom. The van der Waals surface area contributed by atoms with E-state index in [1.165, 1.54) is 30.7 Å². The number of oxazole rings is 1. The van der Waals surface area contributed by atoms with Gasteiger partial charge in [0.05, 0.1) is 10.5 Å². The third kappa shape index (κ3) is 4.23. The maximum atomic E-state index is 14.3. The molecular formula is C21H20BrFN2O3S. The molecule has 0 aliphatic heterocycles. The summed E-state index contributed by atoms with van der Waals surface area (Å²) < 4.78 is 47.3. The molecule has 152 valence electrons. The molecule has 0 bridgehead atoms. The maximum Gasteiger partial charge on any atom is 0.234 e. The summed E-state index contributed by atoms with van der Waals surface area (Å²) in [6.45, 7) is 0. The van der Waals surface area contributed by atoms with Gasteiger partial charge in [0, 0.05) is 10.5 Å². The van der Waals surface area contributed by atoms with Gasteiger partial charge in [-0.25, -0.2) is 12.8 Å². The van der Waals surface area contributed by atoms with E-state index < -0.39 is 15.7 Å². The molecule has 0 atom stereocenters. The van der Waals surface area contributed by atoms with E-state index in [-0.39, 0.29) is 33.3 Å². The van der Waals surface area contributed by atoms with Gasteiger partial charge in [-0.3, -0.25) is 0 Å². The molecule has 8 heteroatoms. The Labute approximate surface area is 177 Å². The average molecular weight is 479 g/mol. The van der Waals surface area contributed by atoms with Crippen LogP contribution >= 0.6 is 15.9 Å². The van der Waals surface area contributed by atoms with Crippen LogP contribution < -0.4 is 5.32 Å². The molecule has 0 saturated heterocycles. The zero-order valence-electron chi connectivity index (χ0n) is 15.6. The molecule has 29 heavy (non-hydrogen) atoms. The SMILES string of the molecule is O=S(=O)(c1ccc(Br)cc1)c1nc(-c2ccccc2F)oc1NC1CCCCC1. The highest BCUT2D eigenvalue weighted by Gasteiger charge is 2.30. The van der Waals surface area contributed by atoms with E-state index in [1.807, 2.05) is 0 Å². The van der Waals surface area contributed by atoms with Crippen molar-refractivity contribution in [2.24, 2.45) is 0 Å². The van der Waals surface area contributed by atoms with Crippen LogP contribution in [0.1, 0.15) is 32.1 Å². The highest BCUT2D eigenvalue weighted by Crippen LogP contribution is 2.35. The van der Waals surface area contributed by atoms with Crippen molar-refractivity contribution in [1.82, 2.24) is 4.98 Å². The van der Waals surface area contributed by atoms with Gasteiger partial charge >= 0.3 is 0 Å². The van der Waals surface area contributed by atoms with E-state index >= 15 is 0 Å². The minimum absolute atomic E-state index is 0.0582. The normalized spacial score (nSPS) is 15.4. The largest absolute Gasteiger partial charge is 0.419 e. The molecule has 4 rings (SSSR count). The van der Waals surface area contributed by atoms with Crippen LogP contribution in [-0.2, 0) is 9.84 Å². The van der Waals surface area contributed by atoms with Crippen molar-refractivity contribution in [3.05, 3.63) is 58.8 Å². The third-order valence-electron chi connectivity index (χ3n) is 5.02. The molecule has 1 aromatic heterocycles. The predicted octanol–water partition coefficient (Wildman–Crippen LogP) is 5.82. The van der Waals surface area contributed by atoms with Gasteiger partial charge < -0.3 is 9.73 Å². The fraction of sp³-hybridized carbons (Fsp3) is 0.286. The van der Waals surface area contributed by atoms with Gasteiger partial charge in [-0.1, -0.05) is 47.3 Å². The van der Waals surface area contributed by atoms with Crippen molar-refractivity contribution in [2.45, 2.75) is 48.1 Å². The molecule has 1 N–H and O–H groups in total. The van der Waals surface area contributed by atoms with E-state index in [0.717, 1.165) is 30.2 Å². The standard InChI is InChI=1S/C21H20BrFN2O3S/c22-14-10-12-16(13-11-14)29(26,27)21-20(24-15-6-2-1-3-7-15)28-19(25-21)17-8-4-5-9-18(17)23/h4-5,8-13,15,24H,1-3,6-7H2. The quantitative estimate of drug-likeness (QED) is 0.499. The van der Waals surface area contributed by atoms with Gasteiger partial charge in [0.2, 0.25) is 26.6 Å². The molecule has 1 fully saturated rings. The summed E-state index contributed by atoms with van der Waals surface area (Å²) in [5, 5.41) is 2.99. The molecule has 0 spiro atoms. The molecule has 2 aromatic carbocycles. The van der Waals surface area contributed by atoms with E-state index in [2.05, 4.69) is 26.2 Å². The molecule has 0 amide bonds. The Balaban J connectivity index is 1.80. The summed E-state index contributed by atoms with van der Waals surface area (Å²) >= 11 is 3.31. The average Bonchev–Trinajstić information content (AvgIpc) is 3.14. The summed E-state index contributed by atoms with van der Waals surface area (Å²) in [6.07, 6.45) is 5.15. The van der Waals surface area contributed by atoms with Crippen molar-refractivity contribution in [1.29, 1.82) is 0 Å². The van der Waals surface area contributed by atoms with Crippen molar-refractivity contribution < 1.29 is 17.2 Å². The second-order valence-corrected chi connectivity index (χ2v) is 9.85. The topological polar surface area (TPSA) is 72.2 Å². The summed E-state index contributed by atoms with van der Waals surface area (Å²) in [5.74, 6) is -0.513. The van der Waals surface area contributed by atoms with Crippen LogP contribution in [0.2, 0.25) is 0 Å². The maximum absolute atomic E-state index is 14.3. The first-order valence-electron chi connectivity index (χ1n) is 9.48. The molecule has 0 radical (unpaired) electrons. The van der Waals surface area contributed by atoms with Gasteiger partial charge in [0.1, 0.15) is 5.82 Å². The summed E-state index contributed by atoms with van der Waals surface area (Å²) in [7, 11) is -3.95. The van der Waals surface area contributed by atoms with Crippen LogP contribution in [0.15, 0.2) is 67.3 Å². The molecule has 3 aromatic rings. The first kappa shape index (κ1) is 20.1. The lowest BCUT2D eigenvalue weighted by molar-refractivity contribution is 0.449. The van der Waals surface area contributed by atoms with Crippen LogP contribution in [0.5, 0.6) is 0 Å². The number of sulfone groups is 1. The molecule has 1 saturated carbocycles. The first-order valence-corrected chi connectivity index (χ1v) is 11.8. The lowest BCUT2D eigenvalue weighted by Gasteiger charge is -2.22. The minimum atomic E-state index is -3.95. The molecule has 0 unspecified atom stereocenters. The molecular weight excluding hydrogens is 459 g/mol. The van der Waals surface area contributed by atoms with Crippen molar-refractivity contribution in [3.63, 3.8) is 0 Å². The van der Waals surface area contributed by atoms with Gasteiger partial charge in [0.15, 0.2) is 0 Å². The van der Waals surface area contributed by atoms with Crippen LogP contribution in [-0.4, -0.2) is 19.4 Å². The number of anilines is 1. The fourth-order valence-electron chi connectivity index (χ4n) is 3.49. The predicted molar refractivity (Wildman–Crippen MR) is 112 cm³/mol. The number of benzene rings is 2. The summed E-state index contributed by atoms with van der Waals surface area (Å²) in [5.41, 5.74) is 0.122. The zero-order valence-corrected chi connectivity index (χ0v) is 18.0. The van der Waals surface area contributed by atoms with Gasteiger partial charge in [0.25, 0.3) is 0 Å². The van der Waals surface area contributed by atoms with E-state index in [1.54, 1.807) is 24.3 Å². The number of nitrogens with one attached hydrogen (secondary N) is 1. The Kier molecular flexibility index (Phi) is 5.74. The highest BCUT2D eigenvalue weighted by atomic mass is 79.9. The van der Waals surface area contributed by atoms with Crippen molar-refractivity contribution >= 4 is 31.7 Å². The van der Waals surface area contributed by atoms with Gasteiger partial charge in [-0.2, -0.15) is 4.98 Å². The van der Waals surface area contributed by atoms with Crippen LogP contribution in [0.25, 0.3) is 11.5 Å². The number of rotatable bonds is 5. The van der Waals surface area contributed by atoms with Crippen molar-refractivity contribution in [2.75, 3.05) is 5.32 Å². The number of nitrogens with zero attached hydrogens (tertiary/aromatic N) is 1. The second kappa shape index (κ2) is 8.28. The van der Waals surface area contributed by atoms with Gasteiger partial charge in [-0.15, -0.1) is 0 Å². The molecule has 1 heterocycles. The van der Waals surface area contributed by atoms with E-state index in [4.69, 9.17) is 4.42 Å². The minimum Gasteiger partial charge on any atom is -0.419 e. The lowest BCUT2D eigenvalue weighted by Crippen LogP contribution is -2.23.